The van der Waals surface area contributed by atoms with E-state index in [1.54, 1.807) is 6.20 Å². The molecule has 0 aromatic carbocycles. The molecular formula is C12H15N5O3S. The number of carbonyl (C=O) groups excluding carboxylic acids is 1. The van der Waals surface area contributed by atoms with E-state index in [9.17, 15) is 9.59 Å². The Kier molecular flexibility index (Phi) is 4.88. The molecule has 4 N–H and O–H groups in total. The van der Waals surface area contributed by atoms with Crippen molar-refractivity contribution in [1.82, 2.24) is 25.8 Å². The van der Waals surface area contributed by atoms with Gasteiger partial charge in [0, 0.05) is 36.1 Å². The fourth-order valence-corrected chi connectivity index (χ4v) is 2.37. The van der Waals surface area contributed by atoms with Gasteiger partial charge in [0.25, 0.3) is 0 Å². The van der Waals surface area contributed by atoms with Crippen LogP contribution in [-0.4, -0.2) is 38.8 Å². The molecule has 2 rings (SSSR count). The van der Waals surface area contributed by atoms with Crippen molar-refractivity contribution in [2.75, 3.05) is 6.54 Å². The molecule has 0 fully saturated rings. The Balaban J connectivity index is 1.69. The number of carbonyl (C=O) groups is 2. The van der Waals surface area contributed by atoms with Gasteiger partial charge in [-0.1, -0.05) is 0 Å². The molecule has 0 aliphatic rings. The number of carboxylic acids is 1. The number of thiazole rings is 1. The van der Waals surface area contributed by atoms with Crippen molar-refractivity contribution < 1.29 is 14.7 Å². The molecule has 0 saturated heterocycles. The van der Waals surface area contributed by atoms with Crippen molar-refractivity contribution in [3.8, 4) is 0 Å². The van der Waals surface area contributed by atoms with Gasteiger partial charge in [0.1, 0.15) is 0 Å². The van der Waals surface area contributed by atoms with Crippen LogP contribution >= 0.6 is 11.3 Å². The van der Waals surface area contributed by atoms with Gasteiger partial charge in [0.15, 0.2) is 5.69 Å². The summed E-state index contributed by atoms with van der Waals surface area (Å²) in [4.78, 5) is 26.2. The average molecular weight is 309 g/mol. The van der Waals surface area contributed by atoms with Crippen LogP contribution in [0.4, 0.5) is 4.79 Å². The maximum Gasteiger partial charge on any atom is 0.355 e. The highest BCUT2D eigenvalue weighted by Gasteiger charge is 2.09. The molecule has 21 heavy (non-hydrogen) atoms. The first-order chi connectivity index (χ1) is 10.1. The summed E-state index contributed by atoms with van der Waals surface area (Å²) in [6, 6.07) is -0.286. The molecule has 8 nitrogen and oxygen atoms in total. The molecule has 2 aromatic rings. The first kappa shape index (κ1) is 15.0. The van der Waals surface area contributed by atoms with Crippen LogP contribution in [0, 0.1) is 6.92 Å². The Hall–Kier alpha value is -2.42. The summed E-state index contributed by atoms with van der Waals surface area (Å²) in [6.07, 6.45) is 2.16. The van der Waals surface area contributed by atoms with Gasteiger partial charge in [-0.2, -0.15) is 5.10 Å². The van der Waals surface area contributed by atoms with E-state index in [0.717, 1.165) is 11.3 Å². The van der Waals surface area contributed by atoms with E-state index in [2.05, 4.69) is 25.8 Å². The number of hydrogen-bond acceptors (Lipinski definition) is 5. The zero-order valence-electron chi connectivity index (χ0n) is 11.3. The topological polar surface area (TPSA) is 120 Å². The van der Waals surface area contributed by atoms with Crippen LogP contribution in [0.15, 0.2) is 11.6 Å². The normalized spacial score (nSPS) is 10.3. The maximum absolute atomic E-state index is 11.6. The van der Waals surface area contributed by atoms with Crippen LogP contribution in [0.25, 0.3) is 0 Å². The molecule has 0 aliphatic carbocycles. The summed E-state index contributed by atoms with van der Waals surface area (Å²) < 4.78 is 0. The number of rotatable bonds is 6. The molecule has 0 aliphatic heterocycles. The largest absolute Gasteiger partial charge is 0.476 e. The molecule has 112 valence electrons. The van der Waals surface area contributed by atoms with Gasteiger partial charge in [0.05, 0.1) is 11.2 Å². The van der Waals surface area contributed by atoms with Gasteiger partial charge < -0.3 is 15.7 Å². The third kappa shape index (κ3) is 4.28. The van der Waals surface area contributed by atoms with Gasteiger partial charge >= 0.3 is 12.0 Å². The SMILES string of the molecule is Cc1[nH]ncc1CNC(=O)NCCc1nc(C(=O)O)cs1. The summed E-state index contributed by atoms with van der Waals surface area (Å²) in [7, 11) is 0. The van der Waals surface area contributed by atoms with Crippen molar-refractivity contribution >= 4 is 23.3 Å². The fourth-order valence-electron chi connectivity index (χ4n) is 1.60. The number of urea groups is 1. The number of aromatic carboxylic acids is 1. The van der Waals surface area contributed by atoms with E-state index in [-0.39, 0.29) is 11.7 Å². The molecule has 2 amide bonds. The second-order valence-corrected chi connectivity index (χ2v) is 5.25. The van der Waals surface area contributed by atoms with Crippen LogP contribution in [0.1, 0.15) is 26.8 Å². The number of carboxylic acid groups (broad SMARTS) is 1. The van der Waals surface area contributed by atoms with Gasteiger partial charge in [0.2, 0.25) is 0 Å². The Morgan fingerprint density at radius 2 is 2.24 bits per heavy atom. The van der Waals surface area contributed by atoms with Crippen LogP contribution in [0.5, 0.6) is 0 Å². The van der Waals surface area contributed by atoms with E-state index in [1.165, 1.54) is 16.7 Å². The first-order valence-electron chi connectivity index (χ1n) is 6.24. The highest BCUT2D eigenvalue weighted by atomic mass is 32.1. The number of nitrogens with one attached hydrogen (secondary N) is 3. The summed E-state index contributed by atoms with van der Waals surface area (Å²) >= 11 is 1.27. The van der Waals surface area contributed by atoms with E-state index in [4.69, 9.17) is 5.11 Å². The van der Waals surface area contributed by atoms with Crippen molar-refractivity contribution in [3.63, 3.8) is 0 Å². The Labute approximate surface area is 124 Å². The third-order valence-corrected chi connectivity index (χ3v) is 3.68. The van der Waals surface area contributed by atoms with E-state index < -0.39 is 5.97 Å². The molecule has 0 bridgehead atoms. The monoisotopic (exact) mass is 309 g/mol. The number of amides is 2. The molecule has 0 atom stereocenters. The lowest BCUT2D eigenvalue weighted by Gasteiger charge is -2.06. The van der Waals surface area contributed by atoms with Gasteiger partial charge in [-0.15, -0.1) is 11.3 Å². The molecule has 2 aromatic heterocycles. The lowest BCUT2D eigenvalue weighted by Crippen LogP contribution is -2.36. The number of hydrogen-bond donors (Lipinski definition) is 4. The van der Waals surface area contributed by atoms with Crippen LogP contribution < -0.4 is 10.6 Å². The van der Waals surface area contributed by atoms with Gasteiger partial charge in [-0.3, -0.25) is 5.10 Å². The number of H-pyrrole nitrogens is 1. The summed E-state index contributed by atoms with van der Waals surface area (Å²) in [5, 5.41) is 23.0. The molecular weight excluding hydrogens is 294 g/mol. The molecule has 0 saturated carbocycles. The van der Waals surface area contributed by atoms with E-state index in [0.29, 0.717) is 24.5 Å². The molecule has 0 radical (unpaired) electrons. The van der Waals surface area contributed by atoms with Crippen molar-refractivity contribution in [1.29, 1.82) is 0 Å². The second-order valence-electron chi connectivity index (χ2n) is 4.31. The summed E-state index contributed by atoms with van der Waals surface area (Å²) in [5.41, 5.74) is 1.88. The minimum atomic E-state index is -1.04. The highest BCUT2D eigenvalue weighted by Crippen LogP contribution is 2.09. The van der Waals surface area contributed by atoms with Crippen molar-refractivity contribution in [2.45, 2.75) is 19.9 Å². The second kappa shape index (κ2) is 6.84. The third-order valence-electron chi connectivity index (χ3n) is 2.77. The zero-order valence-corrected chi connectivity index (χ0v) is 12.2. The predicted octanol–water partition coefficient (Wildman–Crippen LogP) is 0.915. The van der Waals surface area contributed by atoms with Crippen LogP contribution in [-0.2, 0) is 13.0 Å². The van der Waals surface area contributed by atoms with Crippen molar-refractivity contribution in [3.05, 3.63) is 33.5 Å². The highest BCUT2D eigenvalue weighted by molar-refractivity contribution is 7.09. The van der Waals surface area contributed by atoms with Gasteiger partial charge in [-0.05, 0) is 6.92 Å². The lowest BCUT2D eigenvalue weighted by molar-refractivity contribution is 0.0691. The van der Waals surface area contributed by atoms with Crippen LogP contribution in [0.3, 0.4) is 0 Å². The van der Waals surface area contributed by atoms with E-state index >= 15 is 0 Å². The predicted molar refractivity (Wildman–Crippen MR) is 76.3 cm³/mol. The molecule has 0 unspecified atom stereocenters. The molecule has 2 heterocycles. The minimum Gasteiger partial charge on any atom is -0.476 e. The van der Waals surface area contributed by atoms with E-state index in [1.807, 2.05) is 6.92 Å². The Bertz CT molecular complexity index is 636. The first-order valence-corrected chi connectivity index (χ1v) is 7.12. The molecule has 9 heteroatoms. The summed E-state index contributed by atoms with van der Waals surface area (Å²) in [6.45, 7) is 2.67. The average Bonchev–Trinajstić information content (AvgIpc) is 3.06. The minimum absolute atomic E-state index is 0.0369. The fraction of sp³-hybridized carbons (Fsp3) is 0.333. The smallest absolute Gasteiger partial charge is 0.355 e. The number of aryl methyl sites for hydroxylation is 1. The number of aromatic nitrogens is 3. The zero-order chi connectivity index (χ0) is 15.2. The Morgan fingerprint density at radius 3 is 2.86 bits per heavy atom. The number of aromatic amines is 1. The maximum atomic E-state index is 11.6. The van der Waals surface area contributed by atoms with Crippen LogP contribution in [0.2, 0.25) is 0 Å². The molecule has 0 spiro atoms. The lowest BCUT2D eigenvalue weighted by atomic mass is 10.3. The number of nitrogens with zero attached hydrogens (tertiary/aromatic N) is 2. The quantitative estimate of drug-likeness (QED) is 0.632. The summed E-state index contributed by atoms with van der Waals surface area (Å²) in [5.74, 6) is -1.04. The Morgan fingerprint density at radius 1 is 1.43 bits per heavy atom. The van der Waals surface area contributed by atoms with Gasteiger partial charge in [-0.25, -0.2) is 14.6 Å². The standard InChI is InChI=1S/C12H15N5O3S/c1-7-8(5-15-17-7)4-14-12(20)13-3-2-10-16-9(6-21-10)11(18)19/h5-6H,2-4H2,1H3,(H,15,17)(H,18,19)(H2,13,14,20). The van der Waals surface area contributed by atoms with Crippen molar-refractivity contribution in [2.24, 2.45) is 0 Å².